The van der Waals surface area contributed by atoms with Gasteiger partial charge >= 0.3 is 0 Å². The van der Waals surface area contributed by atoms with E-state index in [1.54, 1.807) is 12.3 Å². The first-order valence-corrected chi connectivity index (χ1v) is 5.32. The molecule has 0 spiro atoms. The molecule has 0 unspecified atom stereocenters. The van der Waals surface area contributed by atoms with E-state index in [-0.39, 0.29) is 5.91 Å². The maximum Gasteiger partial charge on any atom is 0.258 e. The van der Waals surface area contributed by atoms with E-state index in [1.807, 2.05) is 20.8 Å². The molecule has 0 bridgehead atoms. The maximum atomic E-state index is 11.9. The average molecular weight is 230 g/mol. The van der Waals surface area contributed by atoms with Crippen LogP contribution in [0.5, 0.6) is 0 Å². The number of H-pyrrole nitrogens is 1. The number of anilines is 1. The summed E-state index contributed by atoms with van der Waals surface area (Å²) in [6, 6.07) is 1.79. The molecule has 2 heterocycles. The number of rotatable bonds is 2. The van der Waals surface area contributed by atoms with Crippen LogP contribution in [0.3, 0.4) is 0 Å². The molecule has 0 radical (unpaired) electrons. The van der Waals surface area contributed by atoms with Crippen molar-refractivity contribution in [2.45, 2.75) is 20.8 Å². The topological polar surface area (TPSA) is 70.7 Å². The van der Waals surface area contributed by atoms with Gasteiger partial charge in [-0.15, -0.1) is 0 Å². The molecule has 2 aromatic heterocycles. The van der Waals surface area contributed by atoms with Gasteiger partial charge in [0.15, 0.2) is 5.82 Å². The lowest BCUT2D eigenvalue weighted by atomic mass is 10.2. The van der Waals surface area contributed by atoms with Crippen molar-refractivity contribution in [2.75, 3.05) is 5.32 Å². The molecule has 0 saturated carbocycles. The van der Waals surface area contributed by atoms with Gasteiger partial charge in [-0.25, -0.2) is 0 Å². The number of amides is 1. The summed E-state index contributed by atoms with van der Waals surface area (Å²) in [7, 11) is 0. The molecule has 17 heavy (non-hydrogen) atoms. The van der Waals surface area contributed by atoms with Gasteiger partial charge in [0.05, 0.1) is 5.56 Å². The Bertz CT molecular complexity index is 559. The summed E-state index contributed by atoms with van der Waals surface area (Å²) in [5.74, 6) is 0.366. The van der Waals surface area contributed by atoms with Gasteiger partial charge in [0.25, 0.3) is 5.91 Å². The predicted molar refractivity (Wildman–Crippen MR) is 65.0 cm³/mol. The van der Waals surface area contributed by atoms with Crippen molar-refractivity contribution in [3.63, 3.8) is 0 Å². The first kappa shape index (κ1) is 11.3. The molecular formula is C12H14N4O. The Morgan fingerprint density at radius 3 is 2.65 bits per heavy atom. The Morgan fingerprint density at radius 1 is 1.29 bits per heavy atom. The van der Waals surface area contributed by atoms with Crippen LogP contribution in [0.4, 0.5) is 5.82 Å². The molecule has 0 saturated heterocycles. The third-order valence-corrected chi connectivity index (χ3v) is 2.62. The molecule has 0 fully saturated rings. The van der Waals surface area contributed by atoms with Gasteiger partial charge < -0.3 is 5.32 Å². The van der Waals surface area contributed by atoms with Crippen molar-refractivity contribution < 1.29 is 4.79 Å². The minimum atomic E-state index is -0.198. The third-order valence-electron chi connectivity index (χ3n) is 2.62. The van der Waals surface area contributed by atoms with E-state index in [0.29, 0.717) is 11.4 Å². The lowest BCUT2D eigenvalue weighted by Gasteiger charge is -2.03. The molecule has 2 aromatic rings. The maximum absolute atomic E-state index is 11.9. The summed E-state index contributed by atoms with van der Waals surface area (Å²) in [6.07, 6.45) is 3.25. The molecule has 0 atom stereocenters. The standard InChI is InChI=1S/C12H14N4O/c1-7-4-10(6-13-5-7)12(17)14-11-8(2)9(3)15-16-11/h4-6H,1-3H3,(H2,14,15,16,17). The number of aromatic amines is 1. The van der Waals surface area contributed by atoms with E-state index >= 15 is 0 Å². The third kappa shape index (κ3) is 2.33. The first-order valence-electron chi connectivity index (χ1n) is 5.32. The second-order valence-electron chi connectivity index (χ2n) is 4.03. The van der Waals surface area contributed by atoms with Gasteiger partial charge in [-0.1, -0.05) is 0 Å². The van der Waals surface area contributed by atoms with E-state index in [1.165, 1.54) is 6.20 Å². The summed E-state index contributed by atoms with van der Waals surface area (Å²) in [6.45, 7) is 5.71. The minimum absolute atomic E-state index is 0.198. The number of pyridine rings is 1. The molecule has 1 amide bonds. The van der Waals surface area contributed by atoms with Crippen LogP contribution >= 0.6 is 0 Å². The summed E-state index contributed by atoms with van der Waals surface area (Å²) in [5.41, 5.74) is 3.37. The van der Waals surface area contributed by atoms with Crippen LogP contribution in [-0.4, -0.2) is 21.1 Å². The fourth-order valence-electron chi connectivity index (χ4n) is 1.47. The quantitative estimate of drug-likeness (QED) is 0.828. The zero-order valence-corrected chi connectivity index (χ0v) is 10.0. The highest BCUT2D eigenvalue weighted by Gasteiger charge is 2.11. The molecule has 0 aromatic carbocycles. The molecule has 0 aliphatic carbocycles. The van der Waals surface area contributed by atoms with Crippen LogP contribution in [0.25, 0.3) is 0 Å². The highest BCUT2D eigenvalue weighted by Crippen LogP contribution is 2.14. The van der Waals surface area contributed by atoms with E-state index in [4.69, 9.17) is 0 Å². The van der Waals surface area contributed by atoms with Gasteiger partial charge in [0.2, 0.25) is 0 Å². The number of nitrogens with zero attached hydrogens (tertiary/aromatic N) is 2. The highest BCUT2D eigenvalue weighted by molar-refractivity contribution is 6.04. The Kier molecular flexibility index (Phi) is 2.91. The molecule has 2 rings (SSSR count). The molecule has 2 N–H and O–H groups in total. The largest absolute Gasteiger partial charge is 0.305 e. The van der Waals surface area contributed by atoms with Gasteiger partial charge in [0, 0.05) is 23.7 Å². The van der Waals surface area contributed by atoms with Crippen LogP contribution in [0.1, 0.15) is 27.2 Å². The highest BCUT2D eigenvalue weighted by atomic mass is 16.1. The fraction of sp³-hybridized carbons (Fsp3) is 0.250. The lowest BCUT2D eigenvalue weighted by Crippen LogP contribution is -2.13. The Balaban J connectivity index is 2.20. The summed E-state index contributed by atoms with van der Waals surface area (Å²) in [5, 5.41) is 9.60. The summed E-state index contributed by atoms with van der Waals surface area (Å²) in [4.78, 5) is 15.9. The second-order valence-corrected chi connectivity index (χ2v) is 4.03. The fourth-order valence-corrected chi connectivity index (χ4v) is 1.47. The Labute approximate surface area is 99.3 Å². The zero-order valence-electron chi connectivity index (χ0n) is 10.0. The molecule has 0 aliphatic rings. The smallest absolute Gasteiger partial charge is 0.258 e. The van der Waals surface area contributed by atoms with Crippen LogP contribution in [-0.2, 0) is 0 Å². The van der Waals surface area contributed by atoms with Crippen LogP contribution < -0.4 is 5.32 Å². The van der Waals surface area contributed by atoms with Gasteiger partial charge in [-0.2, -0.15) is 5.10 Å². The van der Waals surface area contributed by atoms with E-state index < -0.39 is 0 Å². The van der Waals surface area contributed by atoms with Crippen molar-refractivity contribution in [3.05, 3.63) is 40.8 Å². The number of aryl methyl sites for hydroxylation is 2. The minimum Gasteiger partial charge on any atom is -0.305 e. The normalized spacial score (nSPS) is 10.3. The van der Waals surface area contributed by atoms with Gasteiger partial charge in [-0.3, -0.25) is 14.9 Å². The van der Waals surface area contributed by atoms with Crippen molar-refractivity contribution in [2.24, 2.45) is 0 Å². The molecule has 5 nitrogen and oxygen atoms in total. The van der Waals surface area contributed by atoms with Crippen molar-refractivity contribution in [1.29, 1.82) is 0 Å². The predicted octanol–water partition coefficient (Wildman–Crippen LogP) is 1.98. The van der Waals surface area contributed by atoms with E-state index in [0.717, 1.165) is 16.8 Å². The lowest BCUT2D eigenvalue weighted by molar-refractivity contribution is 0.102. The molecule has 0 aliphatic heterocycles. The SMILES string of the molecule is Cc1cncc(C(=O)Nc2n[nH]c(C)c2C)c1. The molecule has 5 heteroatoms. The van der Waals surface area contributed by atoms with Crippen LogP contribution in [0.2, 0.25) is 0 Å². The zero-order chi connectivity index (χ0) is 12.4. The number of hydrogen-bond donors (Lipinski definition) is 2. The van der Waals surface area contributed by atoms with E-state index in [2.05, 4.69) is 20.5 Å². The summed E-state index contributed by atoms with van der Waals surface area (Å²) < 4.78 is 0. The van der Waals surface area contributed by atoms with E-state index in [9.17, 15) is 4.79 Å². The Hall–Kier alpha value is -2.17. The van der Waals surface area contributed by atoms with Gasteiger partial charge in [0.1, 0.15) is 0 Å². The second kappa shape index (κ2) is 4.37. The number of nitrogens with one attached hydrogen (secondary N) is 2. The van der Waals surface area contributed by atoms with Crippen molar-refractivity contribution in [1.82, 2.24) is 15.2 Å². The first-order chi connectivity index (χ1) is 8.08. The monoisotopic (exact) mass is 230 g/mol. The average Bonchev–Trinajstić information content (AvgIpc) is 2.61. The van der Waals surface area contributed by atoms with Crippen LogP contribution in [0.15, 0.2) is 18.5 Å². The number of hydrogen-bond acceptors (Lipinski definition) is 3. The summed E-state index contributed by atoms with van der Waals surface area (Å²) >= 11 is 0. The van der Waals surface area contributed by atoms with Gasteiger partial charge in [-0.05, 0) is 32.4 Å². The molecule has 88 valence electrons. The van der Waals surface area contributed by atoms with Crippen molar-refractivity contribution in [3.8, 4) is 0 Å². The Morgan fingerprint density at radius 2 is 2.06 bits per heavy atom. The number of aromatic nitrogens is 3. The number of carbonyl (C=O) groups is 1. The molecular weight excluding hydrogens is 216 g/mol. The number of carbonyl (C=O) groups excluding carboxylic acids is 1. The van der Waals surface area contributed by atoms with Crippen molar-refractivity contribution >= 4 is 11.7 Å². The van der Waals surface area contributed by atoms with Crippen LogP contribution in [0, 0.1) is 20.8 Å².